The third-order valence-electron chi connectivity index (χ3n) is 5.20. The van der Waals surface area contributed by atoms with E-state index in [2.05, 4.69) is 5.32 Å². The van der Waals surface area contributed by atoms with Gasteiger partial charge >= 0.3 is 5.97 Å². The van der Waals surface area contributed by atoms with Crippen molar-refractivity contribution in [1.82, 2.24) is 4.90 Å². The first-order valence-corrected chi connectivity index (χ1v) is 10.3. The van der Waals surface area contributed by atoms with Crippen molar-refractivity contribution in [2.45, 2.75) is 40.0 Å². The molecule has 3 rings (SSSR count). The molecule has 0 aromatic carbocycles. The van der Waals surface area contributed by atoms with Gasteiger partial charge in [0.2, 0.25) is 17.7 Å². The Bertz CT molecular complexity index is 831. The van der Waals surface area contributed by atoms with Crippen LogP contribution in [0.2, 0.25) is 0 Å². The van der Waals surface area contributed by atoms with E-state index in [1.165, 1.54) is 11.3 Å². The molecular weight excluding hydrogens is 380 g/mol. The summed E-state index contributed by atoms with van der Waals surface area (Å²) < 4.78 is 5.11. The Balaban J connectivity index is 1.76. The largest absolute Gasteiger partial charge is 0.462 e. The first-order chi connectivity index (χ1) is 13.4. The summed E-state index contributed by atoms with van der Waals surface area (Å²) in [6, 6.07) is 0. The van der Waals surface area contributed by atoms with Crippen molar-refractivity contribution in [3.8, 4) is 0 Å². The molecule has 1 aliphatic carbocycles. The number of esters is 1. The van der Waals surface area contributed by atoms with E-state index in [1.54, 1.807) is 6.92 Å². The zero-order valence-corrected chi connectivity index (χ0v) is 17.1. The van der Waals surface area contributed by atoms with E-state index < -0.39 is 11.9 Å². The minimum atomic E-state index is -0.497. The smallest absolute Gasteiger partial charge is 0.341 e. The number of carbonyl (C=O) groups is 4. The van der Waals surface area contributed by atoms with E-state index in [9.17, 15) is 19.2 Å². The fourth-order valence-corrected chi connectivity index (χ4v) is 4.92. The summed E-state index contributed by atoms with van der Waals surface area (Å²) in [6.45, 7) is 5.40. The average Bonchev–Trinajstić information content (AvgIpc) is 3.11. The molecule has 8 heteroatoms. The van der Waals surface area contributed by atoms with Crippen molar-refractivity contribution in [2.75, 3.05) is 18.5 Å². The standard InChI is InChI=1S/C20H24N2O5S/c1-4-14-11(3)16(20(26)27-5-2)17(28-14)21-15(23)10-22-18(24)12-8-6-7-9-13(12)19(22)25/h6-7,12-13H,4-5,8-10H2,1-3H3,(H,21,23)/t12-,13-/m1/s1. The number of carbonyl (C=O) groups excluding carboxylic acids is 4. The van der Waals surface area contributed by atoms with Crippen molar-refractivity contribution in [3.05, 3.63) is 28.2 Å². The molecule has 1 aromatic heterocycles. The quantitative estimate of drug-likeness (QED) is 0.447. The summed E-state index contributed by atoms with van der Waals surface area (Å²) in [5, 5.41) is 3.11. The van der Waals surface area contributed by atoms with Crippen molar-refractivity contribution in [2.24, 2.45) is 11.8 Å². The van der Waals surface area contributed by atoms with Crippen LogP contribution in [0.1, 0.15) is 47.5 Å². The number of amides is 3. The van der Waals surface area contributed by atoms with E-state index in [1.807, 2.05) is 26.0 Å². The van der Waals surface area contributed by atoms with Crippen LogP contribution < -0.4 is 5.32 Å². The lowest BCUT2D eigenvalue weighted by Gasteiger charge is -2.14. The first kappa shape index (κ1) is 20.3. The van der Waals surface area contributed by atoms with E-state index in [0.717, 1.165) is 21.8 Å². The SMILES string of the molecule is CCOC(=O)c1c(NC(=O)CN2C(=O)[C@@H]3CC=CC[C@H]3C2=O)sc(CC)c1C. The minimum absolute atomic E-state index is 0.233. The summed E-state index contributed by atoms with van der Waals surface area (Å²) in [5.74, 6) is -2.31. The van der Waals surface area contributed by atoms with Gasteiger partial charge in [-0.05, 0) is 38.7 Å². The van der Waals surface area contributed by atoms with Crippen molar-refractivity contribution >= 4 is 40.0 Å². The second kappa shape index (κ2) is 8.26. The topological polar surface area (TPSA) is 92.8 Å². The van der Waals surface area contributed by atoms with Crippen molar-refractivity contribution in [3.63, 3.8) is 0 Å². The number of nitrogens with one attached hydrogen (secondary N) is 1. The predicted octanol–water partition coefficient (Wildman–Crippen LogP) is 2.69. The average molecular weight is 404 g/mol. The summed E-state index contributed by atoms with van der Waals surface area (Å²) in [5.41, 5.74) is 1.13. The number of nitrogens with zero attached hydrogens (tertiary/aromatic N) is 1. The van der Waals surface area contributed by atoms with Gasteiger partial charge in [0, 0.05) is 4.88 Å². The number of allylic oxidation sites excluding steroid dienone is 2. The maximum Gasteiger partial charge on any atom is 0.341 e. The van der Waals surface area contributed by atoms with E-state index >= 15 is 0 Å². The fourth-order valence-electron chi connectivity index (χ4n) is 3.77. The lowest BCUT2D eigenvalue weighted by Crippen LogP contribution is -2.38. The molecule has 0 unspecified atom stereocenters. The van der Waals surface area contributed by atoms with Crippen LogP contribution in [0.4, 0.5) is 5.00 Å². The molecule has 1 aliphatic heterocycles. The lowest BCUT2D eigenvalue weighted by molar-refractivity contribution is -0.142. The van der Waals surface area contributed by atoms with Gasteiger partial charge in [-0.3, -0.25) is 19.3 Å². The second-order valence-corrected chi connectivity index (χ2v) is 8.00. The Morgan fingerprint density at radius 2 is 1.79 bits per heavy atom. The number of aryl methyl sites for hydroxylation is 1. The molecule has 1 fully saturated rings. The number of rotatable bonds is 6. The predicted molar refractivity (Wildman–Crippen MR) is 105 cm³/mol. The number of hydrogen-bond donors (Lipinski definition) is 1. The third kappa shape index (κ3) is 3.61. The molecule has 0 saturated carbocycles. The van der Waals surface area contributed by atoms with Gasteiger partial charge in [0.15, 0.2) is 0 Å². The van der Waals surface area contributed by atoms with Crippen LogP contribution in [0.3, 0.4) is 0 Å². The zero-order valence-electron chi connectivity index (χ0n) is 16.2. The van der Waals surface area contributed by atoms with E-state index in [-0.39, 0.29) is 36.8 Å². The second-order valence-electron chi connectivity index (χ2n) is 6.89. The zero-order chi connectivity index (χ0) is 20.4. The van der Waals surface area contributed by atoms with Crippen LogP contribution in [-0.4, -0.2) is 41.7 Å². The van der Waals surface area contributed by atoms with Gasteiger partial charge in [-0.1, -0.05) is 19.1 Å². The molecule has 1 saturated heterocycles. The number of imide groups is 1. The van der Waals surface area contributed by atoms with Crippen molar-refractivity contribution in [1.29, 1.82) is 0 Å². The maximum atomic E-state index is 12.6. The minimum Gasteiger partial charge on any atom is -0.462 e. The molecule has 0 spiro atoms. The molecule has 7 nitrogen and oxygen atoms in total. The van der Waals surface area contributed by atoms with Gasteiger partial charge in [0.25, 0.3) is 0 Å². The van der Waals surface area contributed by atoms with Crippen LogP contribution in [0.25, 0.3) is 0 Å². The highest BCUT2D eigenvalue weighted by molar-refractivity contribution is 7.17. The Labute approximate surface area is 167 Å². The molecule has 0 radical (unpaired) electrons. The summed E-state index contributed by atoms with van der Waals surface area (Å²) in [7, 11) is 0. The molecule has 2 atom stereocenters. The van der Waals surface area contributed by atoms with Gasteiger partial charge in [-0.2, -0.15) is 0 Å². The Morgan fingerprint density at radius 3 is 2.32 bits per heavy atom. The van der Waals surface area contributed by atoms with Gasteiger partial charge in [-0.15, -0.1) is 11.3 Å². The molecule has 1 N–H and O–H groups in total. The highest BCUT2D eigenvalue weighted by Gasteiger charge is 2.47. The number of fused-ring (bicyclic) bond motifs is 1. The molecule has 150 valence electrons. The Morgan fingerprint density at radius 1 is 1.18 bits per heavy atom. The fraction of sp³-hybridized carbons (Fsp3) is 0.500. The molecular formula is C20H24N2O5S. The highest BCUT2D eigenvalue weighted by atomic mass is 32.1. The van der Waals surface area contributed by atoms with Crippen LogP contribution >= 0.6 is 11.3 Å². The first-order valence-electron chi connectivity index (χ1n) is 9.48. The van der Waals surface area contributed by atoms with Crippen LogP contribution in [0.5, 0.6) is 0 Å². The number of thiophene rings is 1. The molecule has 1 aromatic rings. The number of anilines is 1. The van der Waals surface area contributed by atoms with Gasteiger partial charge < -0.3 is 10.1 Å². The van der Waals surface area contributed by atoms with E-state index in [0.29, 0.717) is 23.4 Å². The van der Waals surface area contributed by atoms with Crippen LogP contribution in [0, 0.1) is 18.8 Å². The molecule has 2 heterocycles. The van der Waals surface area contributed by atoms with Crippen LogP contribution in [0.15, 0.2) is 12.2 Å². The van der Waals surface area contributed by atoms with Gasteiger partial charge in [0.05, 0.1) is 24.0 Å². The maximum absolute atomic E-state index is 12.6. The monoisotopic (exact) mass is 404 g/mol. The highest BCUT2D eigenvalue weighted by Crippen LogP contribution is 2.36. The van der Waals surface area contributed by atoms with E-state index in [4.69, 9.17) is 4.74 Å². The normalized spacial score (nSPS) is 21.0. The molecule has 3 amide bonds. The lowest BCUT2D eigenvalue weighted by atomic mass is 9.85. The number of ether oxygens (including phenoxy) is 1. The molecule has 28 heavy (non-hydrogen) atoms. The number of likely N-dealkylation sites (tertiary alicyclic amines) is 1. The summed E-state index contributed by atoms with van der Waals surface area (Å²) in [6.07, 6.45) is 5.59. The Hall–Kier alpha value is -2.48. The van der Waals surface area contributed by atoms with Gasteiger partial charge in [0.1, 0.15) is 11.5 Å². The molecule has 0 bridgehead atoms. The van der Waals surface area contributed by atoms with Gasteiger partial charge in [-0.25, -0.2) is 4.79 Å². The van der Waals surface area contributed by atoms with Crippen molar-refractivity contribution < 1.29 is 23.9 Å². The Kier molecular flexibility index (Phi) is 5.98. The van der Waals surface area contributed by atoms with Crippen LogP contribution in [-0.2, 0) is 25.5 Å². The third-order valence-corrected chi connectivity index (χ3v) is 6.55. The number of hydrogen-bond acceptors (Lipinski definition) is 6. The molecule has 2 aliphatic rings. The summed E-state index contributed by atoms with van der Waals surface area (Å²) >= 11 is 1.32. The summed E-state index contributed by atoms with van der Waals surface area (Å²) in [4.78, 5) is 52.0.